The minimum atomic E-state index is -5.19. The summed E-state index contributed by atoms with van der Waals surface area (Å²) in [4.78, 5) is 22.6. The van der Waals surface area contributed by atoms with Gasteiger partial charge in [0.1, 0.15) is 41.4 Å². The number of ether oxygens (including phenoxy) is 2. The number of hydrogen-bond acceptors (Lipinski definition) is 7. The number of fused-ring (bicyclic) bond motifs is 1. The first kappa shape index (κ1) is 41.7. The van der Waals surface area contributed by atoms with Gasteiger partial charge in [0.2, 0.25) is 0 Å². The van der Waals surface area contributed by atoms with Gasteiger partial charge in [-0.25, -0.2) is 4.98 Å². The van der Waals surface area contributed by atoms with E-state index in [0.29, 0.717) is 11.6 Å². The maximum atomic E-state index is 10.5. The van der Waals surface area contributed by atoms with Crippen LogP contribution in [0.4, 0.5) is 26.3 Å². The van der Waals surface area contributed by atoms with E-state index in [1.54, 1.807) is 0 Å². The van der Waals surface area contributed by atoms with Gasteiger partial charge in [0.25, 0.3) is 0 Å². The summed E-state index contributed by atoms with van der Waals surface area (Å²) in [6.07, 6.45) is -0.205. The minimum Gasteiger partial charge on any atom is -0.542 e. The van der Waals surface area contributed by atoms with E-state index in [4.69, 9.17) is 45.9 Å². The fourth-order valence-corrected chi connectivity index (χ4v) is 6.11. The largest absolute Gasteiger partial charge is 0.542 e. The topological polar surface area (TPSA) is 150 Å². The van der Waals surface area contributed by atoms with E-state index < -0.39 is 24.3 Å². The predicted molar refractivity (Wildman–Crippen MR) is 170 cm³/mol. The number of halogens is 7. The maximum Gasteiger partial charge on any atom is 0.430 e. The zero-order valence-corrected chi connectivity index (χ0v) is 28.7. The van der Waals surface area contributed by atoms with Gasteiger partial charge >= 0.3 is 12.4 Å². The fraction of sp³-hybridized carbons (Fsp3) is 0.559. The predicted octanol–water partition coefficient (Wildman–Crippen LogP) is 2.75. The molecule has 3 aromatic rings. The Kier molecular flexibility index (Phi) is 16.6. The third-order valence-corrected chi connectivity index (χ3v) is 8.80. The SMILES string of the molecule is Clc1ccc(OCc2nc3c(OCCCC4CC[NH2+]CC4)cccc3n2CCCC2CCC[NH2+]C2)cc1.O=C([O-])C(F)(F)F.O=C([O-])C(F)(F)F. The molecule has 0 aliphatic carbocycles. The number of carboxylic acid groups (broad SMARTS) is 2. The molecule has 10 nitrogen and oxygen atoms in total. The van der Waals surface area contributed by atoms with Crippen LogP contribution in [0.5, 0.6) is 11.5 Å². The number of alkyl halides is 6. The highest BCUT2D eigenvalue weighted by atomic mass is 35.5. The molecule has 2 aromatic carbocycles. The van der Waals surface area contributed by atoms with Crippen LogP contribution >= 0.6 is 11.6 Å². The van der Waals surface area contributed by atoms with Crippen molar-refractivity contribution in [3.8, 4) is 11.5 Å². The Bertz CT molecular complexity index is 1480. The molecular weight excluding hydrogens is 710 g/mol. The Morgan fingerprint density at radius 3 is 2.06 bits per heavy atom. The first-order valence-electron chi connectivity index (χ1n) is 16.8. The van der Waals surface area contributed by atoms with Crippen molar-refractivity contribution >= 4 is 34.6 Å². The molecule has 284 valence electrons. The Labute approximate surface area is 296 Å². The number of quaternary nitrogens is 2. The van der Waals surface area contributed by atoms with Crippen molar-refractivity contribution in [2.45, 2.75) is 76.9 Å². The van der Waals surface area contributed by atoms with Crippen LogP contribution in [0, 0.1) is 11.8 Å². The van der Waals surface area contributed by atoms with Gasteiger partial charge in [0, 0.05) is 17.5 Å². The number of para-hydroxylation sites is 1. The standard InChI is InChI=1S/C30H41ClN4O2.2C2HF3O2/c31-25-10-12-26(13-11-25)37-22-29-34-30-27(35(29)19-3-6-24-5-2-16-33-21-24)8-1-9-28(30)36-20-4-7-23-14-17-32-18-15-23;2*3-2(4,5)1(6)7/h1,8-13,23-24,32-33H,2-7,14-22H2;2*(H,6,7). The van der Waals surface area contributed by atoms with Gasteiger partial charge in [0.15, 0.2) is 0 Å². The quantitative estimate of drug-likeness (QED) is 0.214. The molecule has 17 heteroatoms. The molecule has 0 saturated carbocycles. The lowest BCUT2D eigenvalue weighted by molar-refractivity contribution is -0.669. The number of aliphatic carboxylic acids is 2. The van der Waals surface area contributed by atoms with E-state index in [1.165, 1.54) is 64.7 Å². The number of rotatable bonds is 12. The number of aromatic nitrogens is 2. The third kappa shape index (κ3) is 14.8. The van der Waals surface area contributed by atoms with Gasteiger partial charge in [-0.3, -0.25) is 0 Å². The summed E-state index contributed by atoms with van der Waals surface area (Å²) >= 11 is 6.05. The molecular formula is C34H43ClF6N4O6. The van der Waals surface area contributed by atoms with Crippen LogP contribution in [0.3, 0.4) is 0 Å². The molecule has 51 heavy (non-hydrogen) atoms. The third-order valence-electron chi connectivity index (χ3n) is 8.55. The molecule has 4 N–H and O–H groups in total. The number of imidazole rings is 1. The molecule has 2 fully saturated rings. The minimum absolute atomic E-state index is 0.422. The summed E-state index contributed by atoms with van der Waals surface area (Å²) in [6.45, 7) is 7.25. The Hall–Kier alpha value is -3.76. The molecule has 1 unspecified atom stereocenters. The zero-order valence-electron chi connectivity index (χ0n) is 27.9. The monoisotopic (exact) mass is 752 g/mol. The van der Waals surface area contributed by atoms with Crippen LogP contribution in [0.1, 0.15) is 57.2 Å². The van der Waals surface area contributed by atoms with Gasteiger partial charge in [-0.15, -0.1) is 0 Å². The number of nitrogens with zero attached hydrogens (tertiary/aromatic N) is 2. The molecule has 0 spiro atoms. The number of benzene rings is 2. The van der Waals surface area contributed by atoms with Crippen LogP contribution in [0.25, 0.3) is 11.0 Å². The number of nitrogens with two attached hydrogens (primary N) is 2. The van der Waals surface area contributed by atoms with E-state index in [2.05, 4.69) is 33.4 Å². The van der Waals surface area contributed by atoms with Crippen LogP contribution in [0.2, 0.25) is 5.02 Å². The molecule has 5 rings (SSSR count). The van der Waals surface area contributed by atoms with Crippen LogP contribution in [-0.4, -0.2) is 66.6 Å². The zero-order chi connectivity index (χ0) is 37.4. The highest BCUT2D eigenvalue weighted by Gasteiger charge is 2.29. The van der Waals surface area contributed by atoms with Crippen molar-refractivity contribution in [3.05, 3.63) is 53.3 Å². The fourth-order valence-electron chi connectivity index (χ4n) is 5.99. The van der Waals surface area contributed by atoms with Gasteiger partial charge in [-0.1, -0.05) is 17.7 Å². The van der Waals surface area contributed by atoms with Gasteiger partial charge in [0.05, 0.1) is 38.3 Å². The molecule has 2 aliphatic heterocycles. The molecule has 1 atom stereocenters. The van der Waals surface area contributed by atoms with Crippen LogP contribution < -0.4 is 30.3 Å². The maximum absolute atomic E-state index is 10.5. The lowest BCUT2D eigenvalue weighted by Gasteiger charge is -2.20. The number of carbonyl (C=O) groups is 2. The summed E-state index contributed by atoms with van der Waals surface area (Å²) in [7, 11) is 0. The molecule has 2 saturated heterocycles. The van der Waals surface area contributed by atoms with E-state index in [0.717, 1.165) is 66.2 Å². The molecule has 2 aliphatic rings. The first-order chi connectivity index (χ1) is 24.1. The van der Waals surface area contributed by atoms with Crippen LogP contribution in [0.15, 0.2) is 42.5 Å². The van der Waals surface area contributed by atoms with Gasteiger partial charge < -0.3 is 44.5 Å². The second-order valence-corrected chi connectivity index (χ2v) is 12.8. The average Bonchev–Trinajstić information content (AvgIpc) is 3.45. The van der Waals surface area contributed by atoms with Gasteiger partial charge in [-0.2, -0.15) is 26.3 Å². The summed E-state index contributed by atoms with van der Waals surface area (Å²) in [5, 5.41) is 23.2. The van der Waals surface area contributed by atoms with Gasteiger partial charge in [-0.05, 0) is 93.7 Å². The summed E-state index contributed by atoms with van der Waals surface area (Å²) in [5.41, 5.74) is 2.10. The summed E-state index contributed by atoms with van der Waals surface area (Å²) < 4.78 is 77.9. The molecule has 0 radical (unpaired) electrons. The number of aryl methyl sites for hydroxylation is 1. The smallest absolute Gasteiger partial charge is 0.430 e. The number of hydrogen-bond donors (Lipinski definition) is 2. The number of carbonyl (C=O) groups excluding carboxylic acids is 2. The second kappa shape index (κ2) is 20.3. The molecule has 3 heterocycles. The summed E-state index contributed by atoms with van der Waals surface area (Å²) in [5.74, 6) is -1.67. The van der Waals surface area contributed by atoms with Crippen molar-refractivity contribution in [1.29, 1.82) is 0 Å². The van der Waals surface area contributed by atoms with Crippen LogP contribution in [-0.2, 0) is 22.7 Å². The lowest BCUT2D eigenvalue weighted by Crippen LogP contribution is -2.87. The van der Waals surface area contributed by atoms with Crippen molar-refractivity contribution in [1.82, 2.24) is 9.55 Å². The second-order valence-electron chi connectivity index (χ2n) is 12.4. The van der Waals surface area contributed by atoms with E-state index in [1.807, 2.05) is 24.3 Å². The average molecular weight is 753 g/mol. The Balaban J connectivity index is 0.000000424. The highest BCUT2D eigenvalue weighted by Crippen LogP contribution is 2.29. The number of carboxylic acids is 2. The van der Waals surface area contributed by atoms with Crippen molar-refractivity contribution in [2.24, 2.45) is 11.8 Å². The molecule has 0 amide bonds. The lowest BCUT2D eigenvalue weighted by atomic mass is 9.93. The highest BCUT2D eigenvalue weighted by molar-refractivity contribution is 6.30. The van der Waals surface area contributed by atoms with Crippen molar-refractivity contribution in [3.63, 3.8) is 0 Å². The normalized spacial score (nSPS) is 16.7. The van der Waals surface area contributed by atoms with Crippen molar-refractivity contribution in [2.75, 3.05) is 32.8 Å². The van der Waals surface area contributed by atoms with Crippen molar-refractivity contribution < 1.29 is 66.3 Å². The molecule has 1 aromatic heterocycles. The Morgan fingerprint density at radius 1 is 0.843 bits per heavy atom. The number of piperidine rings is 2. The first-order valence-corrected chi connectivity index (χ1v) is 17.2. The Morgan fingerprint density at radius 2 is 1.47 bits per heavy atom. The molecule has 0 bridgehead atoms. The van der Waals surface area contributed by atoms with E-state index >= 15 is 0 Å². The van der Waals surface area contributed by atoms with E-state index in [9.17, 15) is 26.3 Å². The summed E-state index contributed by atoms with van der Waals surface area (Å²) in [6, 6.07) is 13.9. The van der Waals surface area contributed by atoms with E-state index in [-0.39, 0.29) is 0 Å².